The maximum atomic E-state index is 11.8. The van der Waals surface area contributed by atoms with Crippen molar-refractivity contribution in [2.24, 2.45) is 11.8 Å². The van der Waals surface area contributed by atoms with Crippen molar-refractivity contribution in [1.82, 2.24) is 20.9 Å². The Morgan fingerprint density at radius 1 is 0.784 bits per heavy atom. The van der Waals surface area contributed by atoms with Crippen molar-refractivity contribution in [1.29, 1.82) is 0 Å². The fourth-order valence-electron chi connectivity index (χ4n) is 3.26. The highest BCUT2D eigenvalue weighted by atomic mass is 16.6. The number of nitrogens with one attached hydrogen (secondary N) is 3. The van der Waals surface area contributed by atoms with Crippen molar-refractivity contribution in [3.05, 3.63) is 0 Å². The van der Waals surface area contributed by atoms with Crippen LogP contribution in [0.25, 0.3) is 0 Å². The van der Waals surface area contributed by atoms with E-state index >= 15 is 0 Å². The maximum Gasteiger partial charge on any atom is 0.408 e. The molecule has 0 radical (unpaired) electrons. The standard InChI is InChI=1S/C13H24N2O3.C7H13NO4.C6H13N/c1-10-5-7-15(8-6-10)11(16)9-14-12(17)18-13(2,3)4;1-7(2,3)12-6(11)8-4-5(9)10;1-6-2-4-7-5-3-6/h10H,5-9H2,1-4H3,(H,14,17);4H2,1-3H3,(H,8,11)(H,9,10);6-7H,2-5H2,1H3. The number of carbonyl (C=O) groups is 4. The number of nitrogens with zero attached hydrogens (tertiary/aromatic N) is 1. The number of hydrogen-bond donors (Lipinski definition) is 4. The normalized spacial score (nSPS) is 16.7. The van der Waals surface area contributed by atoms with Crippen LogP contribution in [0.5, 0.6) is 0 Å². The third-order valence-electron chi connectivity index (χ3n) is 5.33. The van der Waals surface area contributed by atoms with E-state index in [1.807, 2.05) is 0 Å². The van der Waals surface area contributed by atoms with Gasteiger partial charge < -0.3 is 35.4 Å². The summed E-state index contributed by atoms with van der Waals surface area (Å²) in [5.41, 5.74) is -1.13. The lowest BCUT2D eigenvalue weighted by Gasteiger charge is -2.30. The first-order chi connectivity index (χ1) is 17.0. The first-order valence-corrected chi connectivity index (χ1v) is 13.1. The van der Waals surface area contributed by atoms with Gasteiger partial charge in [-0.25, -0.2) is 9.59 Å². The van der Waals surface area contributed by atoms with Crippen LogP contribution in [-0.4, -0.2) is 84.5 Å². The van der Waals surface area contributed by atoms with Crippen molar-refractivity contribution in [3.8, 4) is 0 Å². The molecular formula is C26H50N4O7. The molecule has 2 aliphatic heterocycles. The topological polar surface area (TPSA) is 146 Å². The molecule has 4 N–H and O–H groups in total. The Balaban J connectivity index is 0.000000583. The Morgan fingerprint density at radius 2 is 1.19 bits per heavy atom. The molecule has 0 saturated carbocycles. The van der Waals surface area contributed by atoms with Gasteiger partial charge in [0.1, 0.15) is 24.3 Å². The van der Waals surface area contributed by atoms with Crippen molar-refractivity contribution in [2.75, 3.05) is 39.3 Å². The summed E-state index contributed by atoms with van der Waals surface area (Å²) >= 11 is 0. The summed E-state index contributed by atoms with van der Waals surface area (Å²) in [4.78, 5) is 45.8. The third-order valence-corrected chi connectivity index (χ3v) is 5.33. The zero-order valence-electron chi connectivity index (χ0n) is 24.1. The zero-order chi connectivity index (χ0) is 28.6. The van der Waals surface area contributed by atoms with E-state index in [-0.39, 0.29) is 12.5 Å². The highest BCUT2D eigenvalue weighted by Crippen LogP contribution is 2.15. The summed E-state index contributed by atoms with van der Waals surface area (Å²) in [5.74, 6) is 0.530. The third kappa shape index (κ3) is 21.2. The fraction of sp³-hybridized carbons (Fsp3) is 0.846. The van der Waals surface area contributed by atoms with Crippen LogP contribution in [0.4, 0.5) is 9.59 Å². The van der Waals surface area contributed by atoms with Gasteiger partial charge in [-0.2, -0.15) is 0 Å². The van der Waals surface area contributed by atoms with E-state index in [0.717, 1.165) is 31.8 Å². The average Bonchev–Trinajstić information content (AvgIpc) is 2.76. The minimum absolute atomic E-state index is 0.0172. The number of ether oxygens (including phenoxy) is 2. The molecule has 2 saturated heterocycles. The van der Waals surface area contributed by atoms with Crippen LogP contribution in [0.3, 0.4) is 0 Å². The molecule has 11 heteroatoms. The molecule has 37 heavy (non-hydrogen) atoms. The van der Waals surface area contributed by atoms with Crippen molar-refractivity contribution < 1.29 is 33.8 Å². The quantitative estimate of drug-likeness (QED) is 0.433. The minimum atomic E-state index is -1.10. The van der Waals surface area contributed by atoms with E-state index in [9.17, 15) is 19.2 Å². The number of amides is 3. The van der Waals surface area contributed by atoms with E-state index in [1.54, 1.807) is 46.4 Å². The highest BCUT2D eigenvalue weighted by molar-refractivity contribution is 5.82. The molecule has 0 aliphatic carbocycles. The average molecular weight is 531 g/mol. The fourth-order valence-corrected chi connectivity index (χ4v) is 3.26. The van der Waals surface area contributed by atoms with Gasteiger partial charge >= 0.3 is 18.2 Å². The Morgan fingerprint density at radius 3 is 1.54 bits per heavy atom. The number of piperidine rings is 2. The van der Waals surface area contributed by atoms with Gasteiger partial charge in [-0.15, -0.1) is 0 Å². The van der Waals surface area contributed by atoms with Crippen LogP contribution in [-0.2, 0) is 19.1 Å². The molecule has 2 fully saturated rings. The molecule has 0 bridgehead atoms. The van der Waals surface area contributed by atoms with Crippen LogP contribution >= 0.6 is 0 Å². The first-order valence-electron chi connectivity index (χ1n) is 13.1. The van der Waals surface area contributed by atoms with Crippen LogP contribution < -0.4 is 16.0 Å². The number of alkyl carbamates (subject to hydrolysis) is 2. The number of likely N-dealkylation sites (tertiary alicyclic amines) is 1. The van der Waals surface area contributed by atoms with Gasteiger partial charge in [0.15, 0.2) is 0 Å². The molecule has 0 atom stereocenters. The molecule has 0 spiro atoms. The second kappa shape index (κ2) is 17.0. The van der Waals surface area contributed by atoms with E-state index in [2.05, 4.69) is 29.8 Å². The second-order valence-corrected chi connectivity index (χ2v) is 11.6. The van der Waals surface area contributed by atoms with Crippen molar-refractivity contribution in [2.45, 2.75) is 92.3 Å². The van der Waals surface area contributed by atoms with Crippen LogP contribution in [0.2, 0.25) is 0 Å². The van der Waals surface area contributed by atoms with E-state index < -0.39 is 35.9 Å². The predicted octanol–water partition coefficient (Wildman–Crippen LogP) is 3.37. The Hall–Kier alpha value is -2.56. The Kier molecular flexibility index (Phi) is 15.9. The molecule has 216 valence electrons. The molecular weight excluding hydrogens is 480 g/mol. The van der Waals surface area contributed by atoms with Crippen molar-refractivity contribution in [3.63, 3.8) is 0 Å². The number of carboxylic acid groups (broad SMARTS) is 1. The molecule has 2 heterocycles. The van der Waals surface area contributed by atoms with Gasteiger partial charge in [0.25, 0.3) is 0 Å². The smallest absolute Gasteiger partial charge is 0.408 e. The molecule has 3 amide bonds. The first kappa shape index (κ1) is 34.4. The van der Waals surface area contributed by atoms with E-state index in [0.29, 0.717) is 5.92 Å². The summed E-state index contributed by atoms with van der Waals surface area (Å²) < 4.78 is 9.85. The summed E-state index contributed by atoms with van der Waals surface area (Å²) in [6, 6.07) is 0. The molecule has 0 aromatic rings. The molecule has 0 aromatic heterocycles. The summed E-state index contributed by atoms with van der Waals surface area (Å²) in [5, 5.41) is 16.1. The number of rotatable bonds is 4. The van der Waals surface area contributed by atoms with E-state index in [1.165, 1.54) is 25.9 Å². The van der Waals surface area contributed by atoms with Crippen LogP contribution in [0.15, 0.2) is 0 Å². The lowest BCUT2D eigenvalue weighted by atomic mass is 9.99. The monoisotopic (exact) mass is 530 g/mol. The number of carboxylic acids is 1. The number of aliphatic carboxylic acids is 1. The highest BCUT2D eigenvalue weighted by Gasteiger charge is 2.22. The Bertz CT molecular complexity index is 703. The van der Waals surface area contributed by atoms with Crippen molar-refractivity contribution >= 4 is 24.1 Å². The Labute approximate surface area is 222 Å². The largest absolute Gasteiger partial charge is 0.480 e. The van der Waals surface area contributed by atoms with Gasteiger partial charge in [0, 0.05) is 13.1 Å². The lowest BCUT2D eigenvalue weighted by Crippen LogP contribution is -2.44. The molecule has 11 nitrogen and oxygen atoms in total. The van der Waals surface area contributed by atoms with Gasteiger partial charge in [-0.3, -0.25) is 9.59 Å². The summed E-state index contributed by atoms with van der Waals surface area (Å²) in [6.07, 6.45) is 3.57. The lowest BCUT2D eigenvalue weighted by molar-refractivity contribution is -0.136. The van der Waals surface area contributed by atoms with Crippen LogP contribution in [0, 0.1) is 11.8 Å². The van der Waals surface area contributed by atoms with Gasteiger partial charge in [-0.05, 0) is 92.2 Å². The molecule has 2 aliphatic rings. The van der Waals surface area contributed by atoms with Crippen LogP contribution in [0.1, 0.15) is 81.1 Å². The second-order valence-electron chi connectivity index (χ2n) is 11.6. The zero-order valence-corrected chi connectivity index (χ0v) is 24.1. The van der Waals surface area contributed by atoms with Gasteiger partial charge in [0.05, 0.1) is 0 Å². The SMILES string of the molecule is CC(C)(C)OC(=O)NCC(=O)O.CC1CCN(C(=O)CNC(=O)OC(C)(C)C)CC1.CC1CCNCC1. The predicted molar refractivity (Wildman–Crippen MR) is 142 cm³/mol. The van der Waals surface area contributed by atoms with Gasteiger partial charge in [0.2, 0.25) is 5.91 Å². The summed E-state index contributed by atoms with van der Waals surface area (Å²) in [6.45, 7) is 18.6. The molecule has 0 aromatic carbocycles. The molecule has 0 unspecified atom stereocenters. The van der Waals surface area contributed by atoms with Gasteiger partial charge in [-0.1, -0.05) is 13.8 Å². The summed E-state index contributed by atoms with van der Waals surface area (Å²) in [7, 11) is 0. The minimum Gasteiger partial charge on any atom is -0.480 e. The number of carbonyl (C=O) groups excluding carboxylic acids is 3. The number of hydrogen-bond acceptors (Lipinski definition) is 7. The molecule has 2 rings (SSSR count). The maximum absolute atomic E-state index is 11.8. The van der Waals surface area contributed by atoms with E-state index in [4.69, 9.17) is 14.6 Å².